The molecule has 3 aromatic carbocycles. The first kappa shape index (κ1) is 24.2. The molecule has 1 aromatic heterocycles. The zero-order valence-corrected chi connectivity index (χ0v) is 20.3. The summed E-state index contributed by atoms with van der Waals surface area (Å²) >= 11 is 0. The fraction of sp³-hybridized carbons (Fsp3) is 0.241. The molecule has 0 spiro atoms. The van der Waals surface area contributed by atoms with E-state index in [0.717, 1.165) is 33.9 Å². The van der Waals surface area contributed by atoms with Crippen molar-refractivity contribution in [3.8, 4) is 17.2 Å². The Bertz CT molecular complexity index is 1220. The summed E-state index contributed by atoms with van der Waals surface area (Å²) in [4.78, 5) is 19.1. The summed E-state index contributed by atoms with van der Waals surface area (Å²) in [5.41, 5.74) is 3.84. The first-order valence-electron chi connectivity index (χ1n) is 11.6. The molecule has 0 saturated heterocycles. The van der Waals surface area contributed by atoms with Crippen LogP contribution in [0.2, 0.25) is 0 Å². The Morgan fingerprint density at radius 1 is 0.971 bits per heavy atom. The fourth-order valence-corrected chi connectivity index (χ4v) is 4.02. The van der Waals surface area contributed by atoms with Crippen molar-refractivity contribution in [1.29, 1.82) is 0 Å². The lowest BCUT2D eigenvalue weighted by Crippen LogP contribution is -2.31. The Morgan fingerprint density at radius 2 is 1.63 bits per heavy atom. The maximum Gasteiger partial charge on any atom is 0.327 e. The minimum atomic E-state index is -0.469. The molecule has 0 aliphatic carbocycles. The first-order valence-corrected chi connectivity index (χ1v) is 11.6. The van der Waals surface area contributed by atoms with E-state index in [9.17, 15) is 4.79 Å². The van der Waals surface area contributed by atoms with Gasteiger partial charge < -0.3 is 13.9 Å². The molecule has 0 fully saturated rings. The fourth-order valence-electron chi connectivity index (χ4n) is 4.02. The van der Waals surface area contributed by atoms with Crippen LogP contribution in [0.4, 0.5) is 0 Å². The lowest BCUT2D eigenvalue weighted by molar-refractivity contribution is -0.147. The summed E-state index contributed by atoms with van der Waals surface area (Å²) < 4.78 is 16.8. The van der Waals surface area contributed by atoms with E-state index < -0.39 is 6.04 Å². The molecule has 0 radical (unpaired) electrons. The largest absolute Gasteiger partial charge is 0.493 e. The highest BCUT2D eigenvalue weighted by molar-refractivity contribution is 5.77. The van der Waals surface area contributed by atoms with Gasteiger partial charge in [0.1, 0.15) is 17.6 Å². The van der Waals surface area contributed by atoms with Crippen molar-refractivity contribution < 1.29 is 18.7 Å². The van der Waals surface area contributed by atoms with E-state index >= 15 is 0 Å². The quantitative estimate of drug-likeness (QED) is 0.280. The van der Waals surface area contributed by atoms with Crippen molar-refractivity contribution in [3.05, 3.63) is 108 Å². The van der Waals surface area contributed by atoms with Crippen molar-refractivity contribution in [2.24, 2.45) is 0 Å². The topological polar surface area (TPSA) is 64.8 Å². The zero-order valence-electron chi connectivity index (χ0n) is 20.3. The maximum absolute atomic E-state index is 12.4. The van der Waals surface area contributed by atoms with E-state index in [1.165, 1.54) is 7.11 Å². The van der Waals surface area contributed by atoms with E-state index in [1.54, 1.807) is 0 Å². The molecule has 6 heteroatoms. The van der Waals surface area contributed by atoms with E-state index in [0.29, 0.717) is 25.5 Å². The van der Waals surface area contributed by atoms with Gasteiger partial charge in [-0.05, 0) is 49.4 Å². The summed E-state index contributed by atoms with van der Waals surface area (Å²) in [7, 11) is 3.34. The monoisotopic (exact) mass is 470 g/mol. The molecular formula is C29H30N2O4. The number of oxazole rings is 1. The number of aromatic nitrogens is 1. The van der Waals surface area contributed by atoms with Crippen LogP contribution in [0.25, 0.3) is 11.5 Å². The minimum Gasteiger partial charge on any atom is -0.493 e. The van der Waals surface area contributed by atoms with Crippen LogP contribution < -0.4 is 4.74 Å². The number of methoxy groups -OCH3 is 1. The highest BCUT2D eigenvalue weighted by atomic mass is 16.5. The van der Waals surface area contributed by atoms with Crippen molar-refractivity contribution in [2.45, 2.75) is 25.9 Å². The first-order chi connectivity index (χ1) is 17.0. The lowest BCUT2D eigenvalue weighted by Gasteiger charge is -2.26. The standard InChI is InChI=1S/C29H30N2O4/c1-21-26(30-28(35-21)24-12-8-5-9-13-24)18-19-34-25-16-14-22(15-17-25)20-31(2)27(29(32)33-3)23-10-6-4-7-11-23/h4-17,27H,18-20H2,1-3H3. The molecule has 1 atom stereocenters. The predicted molar refractivity (Wildman–Crippen MR) is 135 cm³/mol. The van der Waals surface area contributed by atoms with Gasteiger partial charge >= 0.3 is 5.97 Å². The van der Waals surface area contributed by atoms with Crippen molar-refractivity contribution in [3.63, 3.8) is 0 Å². The number of nitrogens with zero attached hydrogens (tertiary/aromatic N) is 2. The number of aryl methyl sites for hydroxylation is 1. The second kappa shape index (κ2) is 11.5. The number of carbonyl (C=O) groups is 1. The highest BCUT2D eigenvalue weighted by Crippen LogP contribution is 2.24. The number of carbonyl (C=O) groups excluding carboxylic acids is 1. The van der Waals surface area contributed by atoms with Crippen LogP contribution in [0.15, 0.2) is 89.3 Å². The third kappa shape index (κ3) is 6.16. The van der Waals surface area contributed by atoms with Gasteiger partial charge in [-0.25, -0.2) is 9.78 Å². The summed E-state index contributed by atoms with van der Waals surface area (Å²) in [5, 5.41) is 0. The van der Waals surface area contributed by atoms with Crippen LogP contribution in [0, 0.1) is 6.92 Å². The van der Waals surface area contributed by atoms with Gasteiger partial charge in [0, 0.05) is 18.5 Å². The smallest absolute Gasteiger partial charge is 0.327 e. The van der Waals surface area contributed by atoms with Gasteiger partial charge in [-0.3, -0.25) is 4.90 Å². The van der Waals surface area contributed by atoms with Gasteiger partial charge in [-0.15, -0.1) is 0 Å². The molecule has 0 aliphatic heterocycles. The van der Waals surface area contributed by atoms with Crippen LogP contribution in [0.1, 0.15) is 28.6 Å². The molecule has 0 bridgehead atoms. The molecule has 6 nitrogen and oxygen atoms in total. The number of benzene rings is 3. The molecule has 0 amide bonds. The molecule has 0 saturated carbocycles. The van der Waals surface area contributed by atoms with Crippen LogP contribution >= 0.6 is 0 Å². The third-order valence-corrected chi connectivity index (χ3v) is 5.86. The Hall–Kier alpha value is -3.90. The van der Waals surface area contributed by atoms with Crippen LogP contribution in [0.3, 0.4) is 0 Å². The molecular weight excluding hydrogens is 440 g/mol. The van der Waals surface area contributed by atoms with Crippen molar-refractivity contribution in [1.82, 2.24) is 9.88 Å². The van der Waals surface area contributed by atoms with Crippen molar-refractivity contribution in [2.75, 3.05) is 20.8 Å². The summed E-state index contributed by atoms with van der Waals surface area (Å²) in [6.07, 6.45) is 0.657. The Kier molecular flexibility index (Phi) is 7.95. The average molecular weight is 471 g/mol. The third-order valence-electron chi connectivity index (χ3n) is 5.86. The Balaban J connectivity index is 1.33. The highest BCUT2D eigenvalue weighted by Gasteiger charge is 2.26. The number of likely N-dealkylation sites (N-methyl/N-ethyl adjacent to an activating group) is 1. The molecule has 0 N–H and O–H groups in total. The zero-order chi connectivity index (χ0) is 24.6. The minimum absolute atomic E-state index is 0.280. The molecule has 35 heavy (non-hydrogen) atoms. The Labute approximate surface area is 206 Å². The van der Waals surface area contributed by atoms with E-state index in [2.05, 4.69) is 4.98 Å². The SMILES string of the molecule is COC(=O)C(c1ccccc1)N(C)Cc1ccc(OCCc2nc(-c3ccccc3)oc2C)cc1. The summed E-state index contributed by atoms with van der Waals surface area (Å²) in [6.45, 7) is 3.02. The molecule has 0 aliphatic rings. The number of ether oxygens (including phenoxy) is 2. The van der Waals surface area contributed by atoms with E-state index in [-0.39, 0.29) is 5.97 Å². The second-order valence-corrected chi connectivity index (χ2v) is 8.38. The lowest BCUT2D eigenvalue weighted by atomic mass is 10.0. The predicted octanol–water partition coefficient (Wildman–Crippen LogP) is 5.62. The van der Waals surface area contributed by atoms with Gasteiger partial charge in [-0.2, -0.15) is 0 Å². The summed E-state index contributed by atoms with van der Waals surface area (Å²) in [6, 6.07) is 27.0. The van der Waals surface area contributed by atoms with E-state index in [4.69, 9.17) is 13.9 Å². The van der Waals surface area contributed by atoms with Gasteiger partial charge in [0.25, 0.3) is 0 Å². The normalized spacial score (nSPS) is 11.9. The van der Waals surface area contributed by atoms with E-state index in [1.807, 2.05) is 104 Å². The maximum atomic E-state index is 12.4. The van der Waals surface area contributed by atoms with Crippen LogP contribution in [-0.4, -0.2) is 36.6 Å². The number of hydrogen-bond donors (Lipinski definition) is 0. The molecule has 1 heterocycles. The number of rotatable bonds is 10. The summed E-state index contributed by atoms with van der Waals surface area (Å²) in [5.74, 6) is 1.95. The van der Waals surface area contributed by atoms with Crippen LogP contribution in [0.5, 0.6) is 5.75 Å². The van der Waals surface area contributed by atoms with Gasteiger partial charge in [-0.1, -0.05) is 60.7 Å². The van der Waals surface area contributed by atoms with Crippen molar-refractivity contribution >= 4 is 5.97 Å². The van der Waals surface area contributed by atoms with Crippen LogP contribution in [-0.2, 0) is 22.5 Å². The molecule has 4 rings (SSSR count). The van der Waals surface area contributed by atoms with Gasteiger partial charge in [0.2, 0.25) is 5.89 Å². The van der Waals surface area contributed by atoms with Gasteiger partial charge in [0.15, 0.2) is 0 Å². The Morgan fingerprint density at radius 3 is 2.29 bits per heavy atom. The number of hydrogen-bond acceptors (Lipinski definition) is 6. The van der Waals surface area contributed by atoms with Gasteiger partial charge in [0.05, 0.1) is 19.4 Å². The second-order valence-electron chi connectivity index (χ2n) is 8.38. The molecule has 180 valence electrons. The molecule has 4 aromatic rings. The molecule has 1 unspecified atom stereocenters. The average Bonchev–Trinajstić information content (AvgIpc) is 3.26. The number of esters is 1.